The number of aromatic nitrogens is 1. The Hall–Kier alpha value is -1.85. The third kappa shape index (κ3) is 2.40. The van der Waals surface area contributed by atoms with Gasteiger partial charge in [-0.15, -0.1) is 0 Å². The number of carboxylic acids is 1. The summed E-state index contributed by atoms with van der Waals surface area (Å²) < 4.78 is 0. The second-order valence-electron chi connectivity index (χ2n) is 6.40. The maximum absolute atomic E-state index is 10.8. The Morgan fingerprint density at radius 2 is 2.18 bits per heavy atom. The van der Waals surface area contributed by atoms with Crippen LogP contribution in [0.15, 0.2) is 24.3 Å². The molecule has 1 aromatic carbocycles. The molecule has 0 bridgehead atoms. The summed E-state index contributed by atoms with van der Waals surface area (Å²) in [5, 5.41) is 10.2. The number of nitrogens with zero attached hydrogens (tertiary/aromatic N) is 2. The van der Waals surface area contributed by atoms with E-state index < -0.39 is 5.97 Å². The molecule has 1 unspecified atom stereocenters. The van der Waals surface area contributed by atoms with Crippen LogP contribution in [0, 0.1) is 0 Å². The molecule has 0 radical (unpaired) electrons. The number of hydrogen-bond donors (Lipinski definition) is 2. The van der Waals surface area contributed by atoms with Gasteiger partial charge in [0.1, 0.15) is 0 Å². The molecular formula is C17H21N3O2. The number of fused-ring (bicyclic) bond motifs is 4. The zero-order valence-corrected chi connectivity index (χ0v) is 12.6. The van der Waals surface area contributed by atoms with E-state index in [2.05, 4.69) is 39.0 Å². The molecule has 1 saturated heterocycles. The van der Waals surface area contributed by atoms with Crippen molar-refractivity contribution >= 4 is 16.9 Å². The van der Waals surface area contributed by atoms with Crippen LogP contribution in [-0.4, -0.2) is 58.1 Å². The van der Waals surface area contributed by atoms with Crippen molar-refractivity contribution in [2.24, 2.45) is 0 Å². The zero-order valence-electron chi connectivity index (χ0n) is 12.6. The Morgan fingerprint density at radius 3 is 3.05 bits per heavy atom. The Balaban J connectivity index is 1.54. The number of carbonyl (C=O) groups is 1. The third-order valence-corrected chi connectivity index (χ3v) is 5.03. The molecule has 1 aromatic heterocycles. The average molecular weight is 299 g/mol. The van der Waals surface area contributed by atoms with Crippen LogP contribution in [0.5, 0.6) is 0 Å². The first-order valence-electron chi connectivity index (χ1n) is 7.97. The van der Waals surface area contributed by atoms with Gasteiger partial charge in [0.25, 0.3) is 0 Å². The monoisotopic (exact) mass is 299 g/mol. The summed E-state index contributed by atoms with van der Waals surface area (Å²) in [5.41, 5.74) is 4.04. The number of para-hydroxylation sites is 1. The van der Waals surface area contributed by atoms with Crippen LogP contribution in [0.25, 0.3) is 10.9 Å². The van der Waals surface area contributed by atoms with Crippen molar-refractivity contribution in [1.29, 1.82) is 0 Å². The Morgan fingerprint density at radius 1 is 1.32 bits per heavy atom. The lowest BCUT2D eigenvalue weighted by molar-refractivity contribution is -0.137. The van der Waals surface area contributed by atoms with E-state index in [9.17, 15) is 4.79 Å². The number of rotatable bonds is 3. The molecule has 2 aliphatic heterocycles. The van der Waals surface area contributed by atoms with Crippen molar-refractivity contribution in [3.05, 3.63) is 35.5 Å². The Bertz CT molecular complexity index is 709. The summed E-state index contributed by atoms with van der Waals surface area (Å²) in [6, 6.07) is 9.03. The van der Waals surface area contributed by atoms with Crippen LogP contribution >= 0.6 is 0 Å². The molecule has 0 aliphatic carbocycles. The molecule has 1 fully saturated rings. The first kappa shape index (κ1) is 13.8. The van der Waals surface area contributed by atoms with E-state index in [1.54, 1.807) is 0 Å². The fraction of sp³-hybridized carbons (Fsp3) is 0.471. The summed E-state index contributed by atoms with van der Waals surface area (Å²) >= 11 is 0. The second-order valence-corrected chi connectivity index (χ2v) is 6.40. The minimum absolute atomic E-state index is 0.241. The molecular weight excluding hydrogens is 278 g/mol. The maximum Gasteiger partial charge on any atom is 0.304 e. The summed E-state index contributed by atoms with van der Waals surface area (Å²) in [5.74, 6) is -0.704. The number of H-pyrrole nitrogens is 1. The quantitative estimate of drug-likeness (QED) is 0.905. The molecule has 0 spiro atoms. The number of aliphatic carboxylic acids is 1. The highest BCUT2D eigenvalue weighted by molar-refractivity contribution is 5.84. The van der Waals surface area contributed by atoms with Crippen LogP contribution in [0.1, 0.15) is 17.7 Å². The van der Waals surface area contributed by atoms with Gasteiger partial charge in [0.15, 0.2) is 0 Å². The van der Waals surface area contributed by atoms with Crippen LogP contribution < -0.4 is 0 Å². The Labute approximate surface area is 129 Å². The standard InChI is InChI=1S/C17H21N3O2/c21-17(22)5-6-19-7-8-20-11-16-14(9-12(20)10-19)13-3-1-2-4-15(13)18-16/h1-4,12,18H,5-11H2,(H,21,22). The minimum Gasteiger partial charge on any atom is -0.481 e. The highest BCUT2D eigenvalue weighted by atomic mass is 16.4. The van der Waals surface area contributed by atoms with Crippen molar-refractivity contribution in [3.63, 3.8) is 0 Å². The van der Waals surface area contributed by atoms with Crippen molar-refractivity contribution in [3.8, 4) is 0 Å². The SMILES string of the molecule is O=C(O)CCN1CCN2Cc3[nH]c4ccccc4c3CC2C1. The van der Waals surface area contributed by atoms with Gasteiger partial charge in [-0.1, -0.05) is 18.2 Å². The molecule has 0 amide bonds. The number of piperazine rings is 1. The maximum atomic E-state index is 10.8. The van der Waals surface area contributed by atoms with Crippen molar-refractivity contribution < 1.29 is 9.90 Å². The van der Waals surface area contributed by atoms with Gasteiger partial charge in [-0.05, 0) is 18.1 Å². The van der Waals surface area contributed by atoms with E-state index in [-0.39, 0.29) is 6.42 Å². The lowest BCUT2D eigenvalue weighted by atomic mass is 9.95. The van der Waals surface area contributed by atoms with Crippen molar-refractivity contribution in [2.75, 3.05) is 26.2 Å². The predicted octanol–water partition coefficient (Wildman–Crippen LogP) is 1.68. The van der Waals surface area contributed by atoms with Gasteiger partial charge in [-0.25, -0.2) is 0 Å². The zero-order chi connectivity index (χ0) is 15.1. The highest BCUT2D eigenvalue weighted by Gasteiger charge is 2.33. The summed E-state index contributed by atoms with van der Waals surface area (Å²) in [7, 11) is 0. The lowest BCUT2D eigenvalue weighted by Gasteiger charge is -2.43. The molecule has 1 atom stereocenters. The molecule has 2 aliphatic rings. The van der Waals surface area contributed by atoms with E-state index >= 15 is 0 Å². The van der Waals surface area contributed by atoms with Crippen LogP contribution in [0.4, 0.5) is 0 Å². The van der Waals surface area contributed by atoms with Gasteiger partial charge < -0.3 is 10.1 Å². The van der Waals surface area contributed by atoms with Gasteiger partial charge in [-0.2, -0.15) is 0 Å². The molecule has 2 aromatic rings. The first-order chi connectivity index (χ1) is 10.7. The summed E-state index contributed by atoms with van der Waals surface area (Å²) in [6.07, 6.45) is 1.30. The molecule has 5 nitrogen and oxygen atoms in total. The minimum atomic E-state index is -0.704. The largest absolute Gasteiger partial charge is 0.481 e. The fourth-order valence-corrected chi connectivity index (χ4v) is 3.88. The molecule has 22 heavy (non-hydrogen) atoms. The second kappa shape index (κ2) is 5.41. The third-order valence-electron chi connectivity index (χ3n) is 5.03. The van der Waals surface area contributed by atoms with E-state index in [1.807, 2.05) is 0 Å². The normalized spacial score (nSPS) is 22.5. The van der Waals surface area contributed by atoms with Gasteiger partial charge in [-0.3, -0.25) is 14.6 Å². The van der Waals surface area contributed by atoms with Crippen LogP contribution in [0.2, 0.25) is 0 Å². The van der Waals surface area contributed by atoms with Crippen molar-refractivity contribution in [1.82, 2.24) is 14.8 Å². The van der Waals surface area contributed by atoms with E-state index in [4.69, 9.17) is 5.11 Å². The Kier molecular flexibility index (Phi) is 3.39. The molecule has 4 rings (SSSR count). The van der Waals surface area contributed by atoms with E-state index in [1.165, 1.54) is 22.2 Å². The molecule has 5 heteroatoms. The number of carboxylic acid groups (broad SMARTS) is 1. The molecule has 0 saturated carbocycles. The smallest absolute Gasteiger partial charge is 0.304 e. The van der Waals surface area contributed by atoms with Gasteiger partial charge >= 0.3 is 5.97 Å². The fourth-order valence-electron chi connectivity index (χ4n) is 3.88. The summed E-state index contributed by atoms with van der Waals surface area (Å²) in [4.78, 5) is 19.2. The highest BCUT2D eigenvalue weighted by Crippen LogP contribution is 2.31. The lowest BCUT2D eigenvalue weighted by Crippen LogP contribution is -2.55. The predicted molar refractivity (Wildman–Crippen MR) is 84.9 cm³/mol. The van der Waals surface area contributed by atoms with Gasteiger partial charge in [0.05, 0.1) is 6.42 Å². The van der Waals surface area contributed by atoms with E-state index in [0.717, 1.165) is 32.6 Å². The number of hydrogen-bond acceptors (Lipinski definition) is 3. The van der Waals surface area contributed by atoms with E-state index in [0.29, 0.717) is 12.6 Å². The average Bonchev–Trinajstić information content (AvgIpc) is 2.88. The van der Waals surface area contributed by atoms with Crippen LogP contribution in [-0.2, 0) is 17.8 Å². The molecule has 2 N–H and O–H groups in total. The van der Waals surface area contributed by atoms with Crippen molar-refractivity contribution in [2.45, 2.75) is 25.4 Å². The summed E-state index contributed by atoms with van der Waals surface area (Å²) in [6.45, 7) is 4.63. The van der Waals surface area contributed by atoms with Gasteiger partial charge in [0.2, 0.25) is 0 Å². The number of aromatic amines is 1. The van der Waals surface area contributed by atoms with Crippen LogP contribution in [0.3, 0.4) is 0 Å². The topological polar surface area (TPSA) is 59.6 Å². The number of benzene rings is 1. The number of nitrogens with one attached hydrogen (secondary N) is 1. The molecule has 3 heterocycles. The molecule has 116 valence electrons. The van der Waals surface area contributed by atoms with Gasteiger partial charge in [0, 0.05) is 55.4 Å². The first-order valence-corrected chi connectivity index (χ1v) is 7.97.